The van der Waals surface area contributed by atoms with Crippen LogP contribution in [0.4, 0.5) is 0 Å². The van der Waals surface area contributed by atoms with Crippen molar-refractivity contribution in [2.24, 2.45) is 0 Å². The number of rotatable bonds is 4. The van der Waals surface area contributed by atoms with E-state index in [0.717, 1.165) is 0 Å². The molecule has 9 rings (SSSR count). The van der Waals surface area contributed by atoms with Crippen molar-refractivity contribution in [1.29, 1.82) is 0 Å². The van der Waals surface area contributed by atoms with Gasteiger partial charge in [-0.1, -0.05) is 141 Å². The van der Waals surface area contributed by atoms with Gasteiger partial charge in [0.1, 0.15) is 0 Å². The van der Waals surface area contributed by atoms with Gasteiger partial charge in [-0.2, -0.15) is 0 Å². The third kappa shape index (κ3) is 7.16. The first-order valence-corrected chi connectivity index (χ1v) is 19.9. The zero-order valence-corrected chi connectivity index (χ0v) is 38.1. The van der Waals surface area contributed by atoms with E-state index in [-0.39, 0.29) is 19.5 Å². The molecule has 0 saturated carbocycles. The van der Waals surface area contributed by atoms with E-state index in [0.29, 0.717) is 130 Å². The van der Waals surface area contributed by atoms with E-state index in [2.05, 4.69) is 0 Å². The van der Waals surface area contributed by atoms with Gasteiger partial charge in [-0.05, 0) is 95.1 Å². The number of hydrogen-bond acceptors (Lipinski definition) is 2. The summed E-state index contributed by atoms with van der Waals surface area (Å²) in [7, 11) is 0. The molecule has 0 spiro atoms. The number of aromatic nitrogens is 4. The van der Waals surface area contributed by atoms with Gasteiger partial charge >= 0.3 is 19.5 Å². The van der Waals surface area contributed by atoms with E-state index in [9.17, 15) is 0 Å². The molecule has 0 radical (unpaired) electrons. The van der Waals surface area contributed by atoms with Crippen molar-refractivity contribution in [3.05, 3.63) is 160 Å². The average Bonchev–Trinajstić information content (AvgIpc) is 4.00. The topological polar surface area (TPSA) is 54.0 Å². The summed E-state index contributed by atoms with van der Waals surface area (Å²) in [5.41, 5.74) is 8.93. The first-order chi connectivity index (χ1) is 27.1. The molecule has 274 valence electrons. The van der Waals surface area contributed by atoms with Crippen molar-refractivity contribution in [2.75, 3.05) is 0 Å². The van der Waals surface area contributed by atoms with Crippen molar-refractivity contribution in [3.63, 3.8) is 0 Å². The van der Waals surface area contributed by atoms with E-state index in [1.54, 1.807) is 72.8 Å². The molecule has 0 atom stereocenters. The molecule has 0 fully saturated rings. The summed E-state index contributed by atoms with van der Waals surface area (Å²) in [5.74, 6) is 0. The van der Waals surface area contributed by atoms with Gasteiger partial charge in [0.2, 0.25) is 0 Å². The Balaban J connectivity index is 0.00000455. The molecule has 3 aromatic heterocycles. The van der Waals surface area contributed by atoms with E-state index < -0.39 is 0 Å². The summed E-state index contributed by atoms with van der Waals surface area (Å²) in [5, 5.41) is 3.32. The number of fused-ring (bicyclic) bond motifs is 8. The molecule has 2 aliphatic heterocycles. The molecule has 2 aliphatic rings. The van der Waals surface area contributed by atoms with E-state index in [1.807, 2.05) is 48.6 Å². The SMILES string of the molecule is Clc1cccc(Cl)c1-c1c2nc(c(-c3c(Cl)cccc3Cl)c3ccc([n-]3)c(-c3c(Cl)cccc3Cl)c3nc(c(-c4c(Cl)cccc4Cl)c4ccc1[n-]4)C=C3)C=C2.[Zn+2]. The maximum Gasteiger partial charge on any atom is 2.00 e. The summed E-state index contributed by atoms with van der Waals surface area (Å²) in [6.07, 6.45) is 7.53. The van der Waals surface area contributed by atoms with Crippen LogP contribution in [0, 0.1) is 0 Å². The van der Waals surface area contributed by atoms with Gasteiger partial charge in [0.05, 0.1) is 22.8 Å². The predicted molar refractivity (Wildman–Crippen MR) is 239 cm³/mol. The normalized spacial score (nSPS) is 11.9. The maximum atomic E-state index is 6.93. The predicted octanol–water partition coefficient (Wildman–Crippen LogP) is 15.8. The minimum absolute atomic E-state index is 0. The molecule has 4 aromatic carbocycles. The third-order valence-electron chi connectivity index (χ3n) is 9.46. The third-order valence-corrected chi connectivity index (χ3v) is 12.0. The minimum Gasteiger partial charge on any atom is -0.657 e. The van der Waals surface area contributed by atoms with Crippen molar-refractivity contribution in [3.8, 4) is 44.5 Å². The summed E-state index contributed by atoms with van der Waals surface area (Å²) in [4.78, 5) is 20.8. The van der Waals surface area contributed by atoms with Crippen LogP contribution in [0.5, 0.6) is 0 Å². The molecule has 57 heavy (non-hydrogen) atoms. The number of benzene rings is 4. The molecular formula is C44H20Cl8N4Zn. The van der Waals surface area contributed by atoms with E-state index in [4.69, 9.17) is 113 Å². The second kappa shape index (κ2) is 16.2. The molecule has 4 nitrogen and oxygen atoms in total. The quantitative estimate of drug-likeness (QED) is 0.165. The van der Waals surface area contributed by atoms with Gasteiger partial charge in [-0.25, -0.2) is 9.97 Å². The molecule has 0 aliphatic carbocycles. The zero-order chi connectivity index (χ0) is 38.8. The van der Waals surface area contributed by atoms with Crippen LogP contribution >= 0.6 is 92.8 Å². The number of hydrogen-bond donors (Lipinski definition) is 0. The Labute approximate surface area is 379 Å². The first-order valence-electron chi connectivity index (χ1n) is 16.9. The molecule has 0 N–H and O–H groups in total. The minimum atomic E-state index is 0. The monoisotopic (exact) mass is 948 g/mol. The largest absolute Gasteiger partial charge is 2.00 e. The van der Waals surface area contributed by atoms with Crippen LogP contribution in [-0.2, 0) is 19.5 Å². The van der Waals surface area contributed by atoms with Crippen LogP contribution in [-0.4, -0.2) is 9.97 Å². The molecule has 0 unspecified atom stereocenters. The molecule has 8 bridgehead atoms. The molecule has 7 aromatic rings. The van der Waals surface area contributed by atoms with Crippen LogP contribution in [0.3, 0.4) is 0 Å². The fourth-order valence-electron chi connectivity index (χ4n) is 7.06. The fourth-order valence-corrected chi connectivity index (χ4v) is 9.40. The van der Waals surface area contributed by atoms with Crippen LogP contribution in [0.1, 0.15) is 22.8 Å². The second-order valence-electron chi connectivity index (χ2n) is 12.7. The first kappa shape index (κ1) is 40.2. The zero-order valence-electron chi connectivity index (χ0n) is 29.1. The van der Waals surface area contributed by atoms with Crippen LogP contribution < -0.4 is 9.97 Å². The Morgan fingerprint density at radius 2 is 0.474 bits per heavy atom. The Bertz CT molecular complexity index is 2560. The summed E-state index contributed by atoms with van der Waals surface area (Å²) in [6.45, 7) is 0. The average molecular weight is 954 g/mol. The van der Waals surface area contributed by atoms with Gasteiger partial charge in [0.15, 0.2) is 0 Å². The van der Waals surface area contributed by atoms with Crippen molar-refractivity contribution in [2.45, 2.75) is 0 Å². The van der Waals surface area contributed by atoms with Crippen molar-refractivity contribution >= 4 is 139 Å². The van der Waals surface area contributed by atoms with Crippen molar-refractivity contribution < 1.29 is 19.5 Å². The van der Waals surface area contributed by atoms with Crippen LogP contribution in [0.2, 0.25) is 40.2 Å². The van der Waals surface area contributed by atoms with E-state index >= 15 is 0 Å². The summed E-state index contributed by atoms with van der Waals surface area (Å²) >= 11 is 55.4. The Morgan fingerprint density at radius 3 is 0.667 bits per heavy atom. The Morgan fingerprint density at radius 1 is 0.281 bits per heavy atom. The summed E-state index contributed by atoms with van der Waals surface area (Å²) in [6, 6.07) is 28.8. The Hall–Kier alpha value is -3.58. The summed E-state index contributed by atoms with van der Waals surface area (Å²) < 4.78 is 0. The number of halogens is 8. The number of nitrogens with zero attached hydrogens (tertiary/aromatic N) is 4. The van der Waals surface area contributed by atoms with Gasteiger partial charge in [0.25, 0.3) is 0 Å². The smallest absolute Gasteiger partial charge is 0.657 e. The molecule has 13 heteroatoms. The van der Waals surface area contributed by atoms with Crippen LogP contribution in [0.15, 0.2) is 97.1 Å². The van der Waals surface area contributed by atoms with Crippen LogP contribution in [0.25, 0.3) is 90.9 Å². The molecule has 0 saturated heterocycles. The van der Waals surface area contributed by atoms with Gasteiger partial charge in [-0.15, -0.1) is 22.1 Å². The Kier molecular flexibility index (Phi) is 11.4. The van der Waals surface area contributed by atoms with Gasteiger partial charge < -0.3 is 9.97 Å². The molecule has 0 amide bonds. The molecule has 5 heterocycles. The van der Waals surface area contributed by atoms with Gasteiger partial charge in [-0.3, -0.25) is 0 Å². The van der Waals surface area contributed by atoms with E-state index in [1.165, 1.54) is 0 Å². The van der Waals surface area contributed by atoms with Gasteiger partial charge in [0, 0.05) is 62.4 Å². The van der Waals surface area contributed by atoms with Crippen molar-refractivity contribution in [1.82, 2.24) is 19.9 Å². The fraction of sp³-hybridized carbons (Fsp3) is 0. The molecular weight excluding hydrogens is 934 g/mol. The maximum absolute atomic E-state index is 6.93. The standard InChI is InChI=1S/C44H20Cl8N4.Zn/c45-21-5-1-6-22(46)37(21)41-29-13-15-31(53-29)42(38-23(47)7-2-8-24(38)48)33-17-19-35(55-33)44(40-27(51)11-4-12-28(40)52)36-20-18-34(56-36)43(32-16-14-30(41)54-32)39-25(49)9-3-10-26(39)50;/h1-20H;/q-2;+2. The second-order valence-corrected chi connectivity index (χ2v) is 16.0.